The predicted molar refractivity (Wildman–Crippen MR) is 187 cm³/mol. The van der Waals surface area contributed by atoms with Crippen LogP contribution in [0.1, 0.15) is 0 Å². The van der Waals surface area contributed by atoms with Gasteiger partial charge in [0.15, 0.2) is 17.5 Å². The molecule has 1 heterocycles. The topological polar surface area (TPSA) is 38.7 Å². The molecule has 212 valence electrons. The number of rotatable bonds is 5. The van der Waals surface area contributed by atoms with Gasteiger partial charge in [-0.15, -0.1) is 0 Å². The van der Waals surface area contributed by atoms with E-state index in [0.29, 0.717) is 17.5 Å². The SMILES string of the molecule is Clc1c2ccccc2c(-c2cccc(-c3nc(-c4ccccc4)nc(-c4ccc(-c5ccccc5)cc4)n3)c2)c2ccccc12. The fourth-order valence-corrected chi connectivity index (χ4v) is 6.32. The van der Waals surface area contributed by atoms with Crippen molar-refractivity contribution in [1.29, 1.82) is 0 Å². The first-order valence-corrected chi connectivity index (χ1v) is 15.3. The number of benzene rings is 7. The molecule has 0 atom stereocenters. The summed E-state index contributed by atoms with van der Waals surface area (Å²) in [6.07, 6.45) is 0. The summed E-state index contributed by atoms with van der Waals surface area (Å²) < 4.78 is 0. The van der Waals surface area contributed by atoms with E-state index in [1.807, 2.05) is 48.5 Å². The lowest BCUT2D eigenvalue weighted by atomic mass is 9.91. The van der Waals surface area contributed by atoms with Gasteiger partial charge in [0.25, 0.3) is 0 Å². The summed E-state index contributed by atoms with van der Waals surface area (Å²) in [5.74, 6) is 1.89. The predicted octanol–water partition coefficient (Wildman–Crippen LogP) is 11.2. The van der Waals surface area contributed by atoms with Gasteiger partial charge in [-0.1, -0.05) is 163 Å². The van der Waals surface area contributed by atoms with Gasteiger partial charge in [-0.05, 0) is 39.1 Å². The van der Waals surface area contributed by atoms with Crippen LogP contribution in [0.25, 0.3) is 78.0 Å². The molecular weight excluding hydrogens is 570 g/mol. The first-order chi connectivity index (χ1) is 22.2. The van der Waals surface area contributed by atoms with Crippen molar-refractivity contribution in [2.24, 2.45) is 0 Å². The fourth-order valence-electron chi connectivity index (χ4n) is 5.99. The van der Waals surface area contributed by atoms with Crippen LogP contribution in [0.2, 0.25) is 5.02 Å². The molecule has 0 saturated carbocycles. The Labute approximate surface area is 266 Å². The lowest BCUT2D eigenvalue weighted by Crippen LogP contribution is -2.00. The van der Waals surface area contributed by atoms with E-state index in [2.05, 4.69) is 109 Å². The third-order valence-corrected chi connectivity index (χ3v) is 8.60. The van der Waals surface area contributed by atoms with Gasteiger partial charge in [0.1, 0.15) is 0 Å². The van der Waals surface area contributed by atoms with Crippen molar-refractivity contribution in [2.75, 3.05) is 0 Å². The van der Waals surface area contributed by atoms with Crippen molar-refractivity contribution in [3.63, 3.8) is 0 Å². The Balaban J connectivity index is 1.29. The maximum absolute atomic E-state index is 6.93. The van der Waals surface area contributed by atoms with Crippen LogP contribution in [-0.2, 0) is 0 Å². The molecule has 0 amide bonds. The first-order valence-electron chi connectivity index (χ1n) is 14.9. The van der Waals surface area contributed by atoms with Gasteiger partial charge in [-0.3, -0.25) is 0 Å². The average Bonchev–Trinajstić information content (AvgIpc) is 3.12. The van der Waals surface area contributed by atoms with Crippen molar-refractivity contribution in [3.8, 4) is 56.4 Å². The molecule has 0 bridgehead atoms. The van der Waals surface area contributed by atoms with Crippen molar-refractivity contribution in [3.05, 3.63) is 163 Å². The van der Waals surface area contributed by atoms with Gasteiger partial charge >= 0.3 is 0 Å². The zero-order valence-corrected chi connectivity index (χ0v) is 25.0. The van der Waals surface area contributed by atoms with Crippen molar-refractivity contribution in [1.82, 2.24) is 15.0 Å². The molecule has 0 N–H and O–H groups in total. The molecule has 0 radical (unpaired) electrons. The fraction of sp³-hybridized carbons (Fsp3) is 0. The lowest BCUT2D eigenvalue weighted by molar-refractivity contribution is 1.07. The Morgan fingerprint density at radius 3 is 1.27 bits per heavy atom. The second kappa shape index (κ2) is 11.5. The van der Waals surface area contributed by atoms with Gasteiger partial charge < -0.3 is 0 Å². The Morgan fingerprint density at radius 1 is 0.311 bits per heavy atom. The second-order valence-corrected chi connectivity index (χ2v) is 11.4. The summed E-state index contributed by atoms with van der Waals surface area (Å²) in [6, 6.07) is 54.0. The third kappa shape index (κ3) is 5.04. The van der Waals surface area contributed by atoms with Crippen LogP contribution in [0.5, 0.6) is 0 Å². The van der Waals surface area contributed by atoms with Crippen LogP contribution in [0.15, 0.2) is 158 Å². The van der Waals surface area contributed by atoms with Crippen molar-refractivity contribution in [2.45, 2.75) is 0 Å². The van der Waals surface area contributed by atoms with E-state index in [9.17, 15) is 0 Å². The second-order valence-electron chi connectivity index (χ2n) is 11.0. The van der Waals surface area contributed by atoms with Crippen LogP contribution in [0.3, 0.4) is 0 Å². The monoisotopic (exact) mass is 595 g/mol. The summed E-state index contributed by atoms with van der Waals surface area (Å²) in [7, 11) is 0. The lowest BCUT2D eigenvalue weighted by Gasteiger charge is -2.15. The minimum absolute atomic E-state index is 0.621. The highest BCUT2D eigenvalue weighted by Gasteiger charge is 2.17. The summed E-state index contributed by atoms with van der Waals surface area (Å²) in [6.45, 7) is 0. The van der Waals surface area contributed by atoms with Crippen LogP contribution < -0.4 is 0 Å². The van der Waals surface area contributed by atoms with Crippen LogP contribution in [0, 0.1) is 0 Å². The highest BCUT2D eigenvalue weighted by Crippen LogP contribution is 2.42. The normalized spacial score (nSPS) is 11.2. The quantitative estimate of drug-likeness (QED) is 0.186. The number of fused-ring (bicyclic) bond motifs is 2. The highest BCUT2D eigenvalue weighted by atomic mass is 35.5. The molecule has 0 aliphatic rings. The summed E-state index contributed by atoms with van der Waals surface area (Å²) in [4.78, 5) is 15.0. The van der Waals surface area contributed by atoms with Crippen LogP contribution >= 0.6 is 11.6 Å². The molecule has 7 aromatic carbocycles. The molecule has 0 aliphatic carbocycles. The van der Waals surface area contributed by atoms with Crippen molar-refractivity contribution < 1.29 is 0 Å². The Kier molecular flexibility index (Phi) is 6.86. The molecule has 3 nitrogen and oxygen atoms in total. The maximum Gasteiger partial charge on any atom is 0.164 e. The van der Waals surface area contributed by atoms with E-state index in [1.165, 1.54) is 5.56 Å². The molecule has 4 heteroatoms. The Bertz CT molecular complexity index is 2260. The standard InChI is InChI=1S/C41H26ClN3/c42-38-35-20-9-7-18-33(35)37(34-19-8-10-21-36(34)38)31-16-11-17-32(26-31)41-44-39(29-14-5-2-6-15-29)43-40(45-41)30-24-22-28(23-25-30)27-12-3-1-4-13-27/h1-26H. The van der Waals surface area contributed by atoms with Crippen molar-refractivity contribution >= 4 is 33.1 Å². The van der Waals surface area contributed by atoms with E-state index in [-0.39, 0.29) is 0 Å². The number of halogens is 1. The summed E-state index contributed by atoms with van der Waals surface area (Å²) in [5, 5.41) is 5.06. The van der Waals surface area contributed by atoms with E-state index in [0.717, 1.165) is 59.9 Å². The first kappa shape index (κ1) is 26.9. The molecule has 0 aliphatic heterocycles. The van der Waals surface area contributed by atoms with E-state index < -0.39 is 0 Å². The summed E-state index contributed by atoms with van der Waals surface area (Å²) in [5.41, 5.74) is 7.32. The third-order valence-electron chi connectivity index (χ3n) is 8.19. The molecule has 0 fully saturated rings. The van der Waals surface area contributed by atoms with E-state index >= 15 is 0 Å². The van der Waals surface area contributed by atoms with Crippen LogP contribution in [-0.4, -0.2) is 15.0 Å². The largest absolute Gasteiger partial charge is 0.208 e. The number of nitrogens with zero attached hydrogens (tertiary/aromatic N) is 3. The van der Waals surface area contributed by atoms with Crippen LogP contribution in [0.4, 0.5) is 0 Å². The Hall–Kier alpha value is -5.64. The number of aromatic nitrogens is 3. The number of hydrogen-bond acceptors (Lipinski definition) is 3. The molecule has 0 saturated heterocycles. The maximum atomic E-state index is 6.93. The van der Waals surface area contributed by atoms with Gasteiger partial charge in [0.05, 0.1) is 5.02 Å². The zero-order valence-electron chi connectivity index (χ0n) is 24.2. The minimum atomic E-state index is 0.621. The molecule has 1 aromatic heterocycles. The molecule has 8 aromatic rings. The summed E-state index contributed by atoms with van der Waals surface area (Å²) >= 11 is 6.93. The van der Waals surface area contributed by atoms with Gasteiger partial charge in [0, 0.05) is 27.5 Å². The number of hydrogen-bond donors (Lipinski definition) is 0. The van der Waals surface area contributed by atoms with E-state index in [1.54, 1.807) is 0 Å². The smallest absolute Gasteiger partial charge is 0.164 e. The molecule has 0 unspecified atom stereocenters. The van der Waals surface area contributed by atoms with Gasteiger partial charge in [-0.25, -0.2) is 15.0 Å². The molecule has 45 heavy (non-hydrogen) atoms. The molecule has 0 spiro atoms. The Morgan fingerprint density at radius 2 is 0.689 bits per heavy atom. The van der Waals surface area contributed by atoms with Gasteiger partial charge in [0.2, 0.25) is 0 Å². The van der Waals surface area contributed by atoms with Gasteiger partial charge in [-0.2, -0.15) is 0 Å². The average molecular weight is 596 g/mol. The zero-order chi connectivity index (χ0) is 30.2. The molecular formula is C41H26ClN3. The molecule has 8 rings (SSSR count). The minimum Gasteiger partial charge on any atom is -0.208 e. The van der Waals surface area contributed by atoms with E-state index in [4.69, 9.17) is 26.6 Å². The highest BCUT2D eigenvalue weighted by molar-refractivity contribution is 6.42.